The summed E-state index contributed by atoms with van der Waals surface area (Å²) in [6.07, 6.45) is 1.33. The number of rotatable bonds is 1. The highest BCUT2D eigenvalue weighted by Crippen LogP contribution is 2.16. The average molecular weight is 189 g/mol. The van der Waals surface area contributed by atoms with Crippen LogP contribution in [0.5, 0.6) is 0 Å². The number of aromatic nitrogens is 1. The van der Waals surface area contributed by atoms with Crippen LogP contribution in [0.1, 0.15) is 19.5 Å². The third kappa shape index (κ3) is 1.87. The van der Waals surface area contributed by atoms with Crippen molar-refractivity contribution in [2.45, 2.75) is 19.4 Å². The molecular formula is C8H11ClNO2+. The van der Waals surface area contributed by atoms with Crippen LogP contribution in [-0.2, 0) is 5.60 Å². The molecule has 0 fully saturated rings. The molecule has 3 nitrogen and oxygen atoms in total. The molecule has 1 heterocycles. The molecule has 0 spiro atoms. The standard InChI is InChI=1S/C8H11ClNO2/c1-8(2,11)7-4-3-6(9)5-10(7)12/h3-5,11-12H,1-2H3/q+1. The van der Waals surface area contributed by atoms with Crippen molar-refractivity contribution in [2.75, 3.05) is 0 Å². The normalized spacial score (nSPS) is 11.7. The average Bonchev–Trinajstić information content (AvgIpc) is 1.83. The first-order valence-corrected chi connectivity index (χ1v) is 3.92. The molecule has 0 bridgehead atoms. The smallest absolute Gasteiger partial charge is 0.264 e. The first-order valence-electron chi connectivity index (χ1n) is 3.54. The number of hydrogen-bond donors (Lipinski definition) is 2. The number of hydrogen-bond acceptors (Lipinski definition) is 2. The van der Waals surface area contributed by atoms with Gasteiger partial charge in [0.2, 0.25) is 6.20 Å². The van der Waals surface area contributed by atoms with E-state index in [1.807, 2.05) is 0 Å². The Morgan fingerprint density at radius 1 is 1.42 bits per heavy atom. The van der Waals surface area contributed by atoms with Crippen LogP contribution in [0.15, 0.2) is 18.3 Å². The number of halogens is 1. The zero-order valence-electron chi connectivity index (χ0n) is 6.95. The SMILES string of the molecule is CC(C)(O)c1ccc(Cl)c[n+]1O. The van der Waals surface area contributed by atoms with Gasteiger partial charge in [0.1, 0.15) is 10.6 Å². The number of nitrogens with zero attached hydrogens (tertiary/aromatic N) is 1. The maximum Gasteiger partial charge on any atom is 0.264 e. The van der Waals surface area contributed by atoms with Crippen molar-refractivity contribution in [3.05, 3.63) is 29.0 Å². The molecule has 1 aromatic heterocycles. The second-order valence-corrected chi connectivity index (χ2v) is 3.57. The molecule has 0 atom stereocenters. The summed E-state index contributed by atoms with van der Waals surface area (Å²) >= 11 is 5.60. The molecule has 2 N–H and O–H groups in total. The molecule has 0 radical (unpaired) electrons. The summed E-state index contributed by atoms with van der Waals surface area (Å²) in [7, 11) is 0. The van der Waals surface area contributed by atoms with Gasteiger partial charge in [0.25, 0.3) is 5.69 Å². The van der Waals surface area contributed by atoms with Crippen molar-refractivity contribution in [1.29, 1.82) is 0 Å². The van der Waals surface area contributed by atoms with E-state index in [9.17, 15) is 10.3 Å². The molecule has 66 valence electrons. The molecule has 4 heteroatoms. The molecule has 0 saturated carbocycles. The molecule has 0 unspecified atom stereocenters. The predicted molar refractivity (Wildman–Crippen MR) is 44.1 cm³/mol. The predicted octanol–water partition coefficient (Wildman–Crippen LogP) is 1.09. The van der Waals surface area contributed by atoms with Gasteiger partial charge in [0, 0.05) is 10.8 Å². The van der Waals surface area contributed by atoms with E-state index in [0.29, 0.717) is 10.7 Å². The first kappa shape index (κ1) is 9.29. The van der Waals surface area contributed by atoms with Crippen LogP contribution in [0.4, 0.5) is 0 Å². The van der Waals surface area contributed by atoms with Gasteiger partial charge in [-0.1, -0.05) is 11.6 Å². The molecule has 0 aliphatic rings. The Morgan fingerprint density at radius 3 is 2.42 bits per heavy atom. The lowest BCUT2D eigenvalue weighted by atomic mass is 10.1. The molecule has 12 heavy (non-hydrogen) atoms. The zero-order chi connectivity index (χ0) is 9.35. The van der Waals surface area contributed by atoms with E-state index < -0.39 is 5.60 Å². The topological polar surface area (TPSA) is 44.3 Å². The van der Waals surface area contributed by atoms with Crippen LogP contribution in [0.25, 0.3) is 0 Å². The lowest BCUT2D eigenvalue weighted by molar-refractivity contribution is -0.912. The fourth-order valence-electron chi connectivity index (χ4n) is 0.949. The van der Waals surface area contributed by atoms with Gasteiger partial charge >= 0.3 is 0 Å². The van der Waals surface area contributed by atoms with E-state index >= 15 is 0 Å². The lowest BCUT2D eigenvalue weighted by Gasteiger charge is -2.11. The largest absolute Gasteiger partial charge is 0.379 e. The van der Waals surface area contributed by atoms with E-state index in [1.165, 1.54) is 6.20 Å². The number of pyridine rings is 1. The van der Waals surface area contributed by atoms with Crippen LogP contribution in [0.2, 0.25) is 5.02 Å². The monoisotopic (exact) mass is 188 g/mol. The van der Waals surface area contributed by atoms with Crippen molar-refractivity contribution in [2.24, 2.45) is 0 Å². The van der Waals surface area contributed by atoms with Crippen LogP contribution in [0.3, 0.4) is 0 Å². The fraction of sp³-hybridized carbons (Fsp3) is 0.375. The highest BCUT2D eigenvalue weighted by molar-refractivity contribution is 6.30. The Morgan fingerprint density at radius 2 is 2.00 bits per heavy atom. The van der Waals surface area contributed by atoms with Crippen LogP contribution in [0, 0.1) is 0 Å². The van der Waals surface area contributed by atoms with Crippen molar-refractivity contribution < 1.29 is 15.0 Å². The van der Waals surface area contributed by atoms with Crippen molar-refractivity contribution in [3.63, 3.8) is 0 Å². The van der Waals surface area contributed by atoms with Crippen molar-refractivity contribution >= 4 is 11.6 Å². The van der Waals surface area contributed by atoms with Gasteiger partial charge in [0.15, 0.2) is 0 Å². The lowest BCUT2D eigenvalue weighted by Crippen LogP contribution is -2.41. The Balaban J connectivity index is 3.19. The van der Waals surface area contributed by atoms with Gasteiger partial charge in [0.05, 0.1) is 0 Å². The van der Waals surface area contributed by atoms with Crippen LogP contribution < -0.4 is 4.73 Å². The van der Waals surface area contributed by atoms with Gasteiger partial charge in [-0.15, -0.1) is 0 Å². The minimum Gasteiger partial charge on any atom is -0.379 e. The Kier molecular flexibility index (Phi) is 2.26. The van der Waals surface area contributed by atoms with E-state index in [4.69, 9.17) is 11.6 Å². The highest BCUT2D eigenvalue weighted by atomic mass is 35.5. The van der Waals surface area contributed by atoms with Crippen LogP contribution in [-0.4, -0.2) is 10.3 Å². The second kappa shape index (κ2) is 2.92. The van der Waals surface area contributed by atoms with E-state index in [1.54, 1.807) is 26.0 Å². The van der Waals surface area contributed by atoms with Gasteiger partial charge in [-0.05, 0) is 19.9 Å². The summed E-state index contributed by atoms with van der Waals surface area (Å²) in [5, 5.41) is 19.3. The number of aliphatic hydroxyl groups is 1. The molecule has 0 amide bonds. The van der Waals surface area contributed by atoms with Gasteiger partial charge in [-0.25, -0.2) is 0 Å². The Bertz CT molecular complexity index is 294. The molecule has 1 aromatic rings. The summed E-state index contributed by atoms with van der Waals surface area (Å²) in [6, 6.07) is 3.18. The van der Waals surface area contributed by atoms with Gasteiger partial charge in [-0.2, -0.15) is 0 Å². The maximum absolute atomic E-state index is 9.54. The third-order valence-electron chi connectivity index (χ3n) is 1.52. The van der Waals surface area contributed by atoms with Gasteiger partial charge < -0.3 is 5.11 Å². The fourth-order valence-corrected chi connectivity index (χ4v) is 1.10. The van der Waals surface area contributed by atoms with E-state index in [2.05, 4.69) is 0 Å². The Labute approximate surface area is 75.8 Å². The summed E-state index contributed by atoms with van der Waals surface area (Å²) in [5.41, 5.74) is -0.675. The molecular weight excluding hydrogens is 178 g/mol. The van der Waals surface area contributed by atoms with E-state index in [0.717, 1.165) is 4.73 Å². The molecule has 0 saturated heterocycles. The summed E-state index contributed by atoms with van der Waals surface area (Å²) < 4.78 is 0.822. The van der Waals surface area contributed by atoms with Crippen LogP contribution >= 0.6 is 11.6 Å². The Hall–Kier alpha value is -0.800. The first-order chi connectivity index (χ1) is 5.41. The molecule has 0 aromatic carbocycles. The summed E-state index contributed by atoms with van der Waals surface area (Å²) in [4.78, 5) is 0. The quantitative estimate of drug-likeness (QED) is 0.512. The molecule has 0 aliphatic heterocycles. The third-order valence-corrected chi connectivity index (χ3v) is 1.74. The van der Waals surface area contributed by atoms with Gasteiger partial charge in [-0.3, -0.25) is 5.21 Å². The van der Waals surface area contributed by atoms with Crippen molar-refractivity contribution in [1.82, 2.24) is 0 Å². The second-order valence-electron chi connectivity index (χ2n) is 3.14. The maximum atomic E-state index is 9.54. The summed E-state index contributed by atoms with van der Waals surface area (Å²) in [5.74, 6) is 0. The molecule has 0 aliphatic carbocycles. The zero-order valence-corrected chi connectivity index (χ0v) is 7.71. The summed E-state index contributed by atoms with van der Waals surface area (Å²) in [6.45, 7) is 3.17. The van der Waals surface area contributed by atoms with Crippen molar-refractivity contribution in [3.8, 4) is 0 Å². The highest BCUT2D eigenvalue weighted by Gasteiger charge is 2.27. The molecule has 1 rings (SSSR count). The minimum absolute atomic E-state index is 0.395. The minimum atomic E-state index is -1.07. The van der Waals surface area contributed by atoms with E-state index in [-0.39, 0.29) is 0 Å².